The highest BCUT2D eigenvalue weighted by atomic mass is 19.2. The molecule has 0 radical (unpaired) electrons. The van der Waals surface area contributed by atoms with Gasteiger partial charge in [0.25, 0.3) is 0 Å². The van der Waals surface area contributed by atoms with Crippen LogP contribution in [-0.2, 0) is 7.05 Å². The summed E-state index contributed by atoms with van der Waals surface area (Å²) in [5, 5.41) is 6.94. The average Bonchev–Trinajstić information content (AvgIpc) is 2.72. The van der Waals surface area contributed by atoms with Crippen LogP contribution >= 0.6 is 0 Å². The Morgan fingerprint density at radius 3 is 2.76 bits per heavy atom. The minimum atomic E-state index is -0.858. The van der Waals surface area contributed by atoms with Crippen molar-refractivity contribution in [1.82, 2.24) is 9.78 Å². The number of nitrogens with one attached hydrogen (secondary N) is 1. The number of aryl methyl sites for hydroxylation is 1. The topological polar surface area (TPSA) is 29.9 Å². The highest BCUT2D eigenvalue weighted by molar-refractivity contribution is 5.46. The molecular weight excluding hydrogens is 224 g/mol. The first-order valence-corrected chi connectivity index (χ1v) is 5.27. The summed E-state index contributed by atoms with van der Waals surface area (Å²) in [5.41, 5.74) is 1.07. The molecule has 0 amide bonds. The lowest BCUT2D eigenvalue weighted by molar-refractivity contribution is 0.510. The SMILES string of the molecule is CC(Nc1cccc(F)c1F)c1cnn(C)c1. The maximum Gasteiger partial charge on any atom is 0.181 e. The fourth-order valence-electron chi connectivity index (χ4n) is 1.60. The smallest absolute Gasteiger partial charge is 0.181 e. The van der Waals surface area contributed by atoms with Gasteiger partial charge in [-0.05, 0) is 19.1 Å². The van der Waals surface area contributed by atoms with Crippen LogP contribution in [0.4, 0.5) is 14.5 Å². The van der Waals surface area contributed by atoms with E-state index in [1.165, 1.54) is 12.1 Å². The molecule has 0 aliphatic rings. The zero-order valence-corrected chi connectivity index (χ0v) is 9.61. The quantitative estimate of drug-likeness (QED) is 0.889. The van der Waals surface area contributed by atoms with Crippen LogP contribution in [0.25, 0.3) is 0 Å². The Morgan fingerprint density at radius 1 is 1.35 bits per heavy atom. The largest absolute Gasteiger partial charge is 0.376 e. The second kappa shape index (κ2) is 4.53. The highest BCUT2D eigenvalue weighted by Crippen LogP contribution is 2.22. The Labute approximate surface area is 98.1 Å². The third-order valence-corrected chi connectivity index (χ3v) is 2.55. The van der Waals surface area contributed by atoms with Gasteiger partial charge in [0.15, 0.2) is 11.6 Å². The van der Waals surface area contributed by atoms with Crippen molar-refractivity contribution in [3.63, 3.8) is 0 Å². The first kappa shape index (κ1) is 11.6. The molecular formula is C12H13F2N3. The average molecular weight is 237 g/mol. The van der Waals surface area contributed by atoms with Crippen LogP contribution in [0.15, 0.2) is 30.6 Å². The van der Waals surface area contributed by atoms with Gasteiger partial charge in [-0.15, -0.1) is 0 Å². The minimum Gasteiger partial charge on any atom is -0.376 e. The van der Waals surface area contributed by atoms with Crippen LogP contribution in [0.5, 0.6) is 0 Å². The van der Waals surface area contributed by atoms with Crippen molar-refractivity contribution in [2.24, 2.45) is 7.05 Å². The number of rotatable bonds is 3. The van der Waals surface area contributed by atoms with Crippen molar-refractivity contribution in [2.45, 2.75) is 13.0 Å². The van der Waals surface area contributed by atoms with Gasteiger partial charge in [-0.3, -0.25) is 4.68 Å². The van der Waals surface area contributed by atoms with E-state index in [1.807, 2.05) is 13.1 Å². The lowest BCUT2D eigenvalue weighted by atomic mass is 10.2. The van der Waals surface area contributed by atoms with E-state index in [2.05, 4.69) is 10.4 Å². The van der Waals surface area contributed by atoms with E-state index in [-0.39, 0.29) is 11.7 Å². The Morgan fingerprint density at radius 2 is 2.12 bits per heavy atom. The summed E-state index contributed by atoms with van der Waals surface area (Å²) in [6, 6.07) is 3.93. The predicted octanol–water partition coefficient (Wildman–Crippen LogP) is 2.87. The molecule has 90 valence electrons. The Balaban J connectivity index is 2.18. The van der Waals surface area contributed by atoms with Crippen LogP contribution in [0.3, 0.4) is 0 Å². The van der Waals surface area contributed by atoms with Crippen molar-refractivity contribution >= 4 is 5.69 Å². The molecule has 1 aromatic carbocycles. The molecule has 0 aliphatic heterocycles. The highest BCUT2D eigenvalue weighted by Gasteiger charge is 2.12. The lowest BCUT2D eigenvalue weighted by Crippen LogP contribution is -2.08. The predicted molar refractivity (Wildman–Crippen MR) is 61.6 cm³/mol. The molecule has 1 aromatic heterocycles. The zero-order valence-electron chi connectivity index (χ0n) is 9.61. The molecule has 3 nitrogen and oxygen atoms in total. The monoisotopic (exact) mass is 237 g/mol. The number of nitrogens with zero attached hydrogens (tertiary/aromatic N) is 2. The van der Waals surface area contributed by atoms with Crippen molar-refractivity contribution in [3.8, 4) is 0 Å². The summed E-state index contributed by atoms with van der Waals surface area (Å²) < 4.78 is 28.1. The third-order valence-electron chi connectivity index (χ3n) is 2.55. The van der Waals surface area contributed by atoms with E-state index in [0.717, 1.165) is 11.6 Å². The van der Waals surface area contributed by atoms with Gasteiger partial charge in [0.2, 0.25) is 0 Å². The molecule has 1 N–H and O–H groups in total. The fourth-order valence-corrected chi connectivity index (χ4v) is 1.60. The normalized spacial score (nSPS) is 12.5. The van der Waals surface area contributed by atoms with Crippen LogP contribution in [0.2, 0.25) is 0 Å². The summed E-state index contributed by atoms with van der Waals surface area (Å²) in [6.07, 6.45) is 3.52. The van der Waals surface area contributed by atoms with Gasteiger partial charge in [0, 0.05) is 18.8 Å². The third kappa shape index (κ3) is 2.43. The lowest BCUT2D eigenvalue weighted by Gasteiger charge is -2.14. The number of anilines is 1. The molecule has 0 spiro atoms. The van der Waals surface area contributed by atoms with Crippen LogP contribution < -0.4 is 5.32 Å². The van der Waals surface area contributed by atoms with Gasteiger partial charge >= 0.3 is 0 Å². The molecule has 2 rings (SSSR count). The fraction of sp³-hybridized carbons (Fsp3) is 0.250. The molecule has 1 heterocycles. The number of hydrogen-bond donors (Lipinski definition) is 1. The van der Waals surface area contributed by atoms with Gasteiger partial charge < -0.3 is 5.32 Å². The molecule has 0 aliphatic carbocycles. The molecule has 0 saturated heterocycles. The standard InChI is InChI=1S/C12H13F2N3/c1-8(9-6-15-17(2)7-9)16-11-5-3-4-10(13)12(11)14/h3-8,16H,1-2H3. The molecule has 0 fully saturated rings. The van der Waals surface area contributed by atoms with E-state index in [9.17, 15) is 8.78 Å². The van der Waals surface area contributed by atoms with Gasteiger partial charge in [0.05, 0.1) is 17.9 Å². The molecule has 5 heteroatoms. The summed E-state index contributed by atoms with van der Waals surface area (Å²) in [7, 11) is 1.80. The second-order valence-electron chi connectivity index (χ2n) is 3.91. The van der Waals surface area contributed by atoms with Crippen molar-refractivity contribution in [1.29, 1.82) is 0 Å². The van der Waals surface area contributed by atoms with Crippen LogP contribution in [0.1, 0.15) is 18.5 Å². The van der Waals surface area contributed by atoms with Gasteiger partial charge in [-0.2, -0.15) is 5.10 Å². The summed E-state index contributed by atoms with van der Waals surface area (Å²) in [5.74, 6) is -1.71. The van der Waals surface area contributed by atoms with Crippen molar-refractivity contribution in [3.05, 3.63) is 47.8 Å². The maximum absolute atomic E-state index is 13.4. The molecule has 2 aromatic rings. The van der Waals surface area contributed by atoms with Gasteiger partial charge in [0.1, 0.15) is 0 Å². The van der Waals surface area contributed by atoms with E-state index >= 15 is 0 Å². The Bertz CT molecular complexity index is 522. The number of halogens is 2. The molecule has 0 saturated carbocycles. The molecule has 1 atom stereocenters. The number of aromatic nitrogens is 2. The van der Waals surface area contributed by atoms with Crippen molar-refractivity contribution in [2.75, 3.05) is 5.32 Å². The van der Waals surface area contributed by atoms with Crippen molar-refractivity contribution < 1.29 is 8.78 Å². The van der Waals surface area contributed by atoms with Crippen LogP contribution in [0, 0.1) is 11.6 Å². The Kier molecular flexibility index (Phi) is 3.08. The van der Waals surface area contributed by atoms with Gasteiger partial charge in [-0.25, -0.2) is 8.78 Å². The van der Waals surface area contributed by atoms with E-state index in [4.69, 9.17) is 0 Å². The van der Waals surface area contributed by atoms with E-state index in [1.54, 1.807) is 17.9 Å². The second-order valence-corrected chi connectivity index (χ2v) is 3.91. The van der Waals surface area contributed by atoms with E-state index < -0.39 is 11.6 Å². The van der Waals surface area contributed by atoms with E-state index in [0.29, 0.717) is 0 Å². The molecule has 17 heavy (non-hydrogen) atoms. The van der Waals surface area contributed by atoms with Gasteiger partial charge in [-0.1, -0.05) is 6.07 Å². The maximum atomic E-state index is 13.4. The Hall–Kier alpha value is -1.91. The molecule has 0 bridgehead atoms. The first-order chi connectivity index (χ1) is 8.08. The minimum absolute atomic E-state index is 0.139. The first-order valence-electron chi connectivity index (χ1n) is 5.27. The zero-order chi connectivity index (χ0) is 12.4. The van der Waals surface area contributed by atoms with Crippen LogP contribution in [-0.4, -0.2) is 9.78 Å². The number of hydrogen-bond acceptors (Lipinski definition) is 2. The molecule has 1 unspecified atom stereocenters. The number of benzene rings is 1. The summed E-state index contributed by atoms with van der Waals surface area (Å²) >= 11 is 0. The summed E-state index contributed by atoms with van der Waals surface area (Å²) in [6.45, 7) is 1.86. The summed E-state index contributed by atoms with van der Waals surface area (Å²) in [4.78, 5) is 0.